The zero-order valence-corrected chi connectivity index (χ0v) is 16.7. The molecule has 1 fully saturated rings. The minimum Gasteiger partial charge on any atom is -0.485 e. The van der Waals surface area contributed by atoms with Gasteiger partial charge in [-0.05, 0) is 46.2 Å². The fraction of sp³-hybridized carbons (Fsp3) is 0.600. The highest BCUT2D eigenvalue weighted by Crippen LogP contribution is 2.29. The van der Waals surface area contributed by atoms with E-state index in [0.29, 0.717) is 12.8 Å². The Balaban J connectivity index is 2.08. The molecule has 6 nitrogen and oxygen atoms in total. The molecule has 0 aliphatic carbocycles. The summed E-state index contributed by atoms with van der Waals surface area (Å²) in [5.41, 5.74) is -0.676. The molecule has 1 aromatic rings. The predicted octanol–water partition coefficient (Wildman–Crippen LogP) is 4.06. The minimum absolute atomic E-state index is 0.0819. The fourth-order valence-electron chi connectivity index (χ4n) is 3.04. The topological polar surface area (TPSA) is 65.1 Å². The summed E-state index contributed by atoms with van der Waals surface area (Å²) in [6.45, 7) is 7.47. The van der Waals surface area contributed by atoms with E-state index >= 15 is 0 Å². The Bertz CT molecular complexity index is 704. The second-order valence-electron chi connectivity index (χ2n) is 7.68. The van der Waals surface area contributed by atoms with E-state index in [0.717, 1.165) is 12.1 Å². The van der Waals surface area contributed by atoms with Crippen LogP contribution in [0.5, 0.6) is 5.75 Å². The number of hydrogen-bond acceptors (Lipinski definition) is 5. The summed E-state index contributed by atoms with van der Waals surface area (Å²) in [5, 5.41) is 0. The number of nitrogens with zero attached hydrogens (tertiary/aromatic N) is 1. The number of ether oxygens (including phenoxy) is 3. The molecule has 28 heavy (non-hydrogen) atoms. The average molecular weight is 399 g/mol. The maximum Gasteiger partial charge on any atom is 0.410 e. The normalized spacial score (nSPS) is 19.4. The number of hydrogen-bond donors (Lipinski definition) is 0. The molecular weight excluding hydrogens is 372 g/mol. The Labute approximate surface area is 163 Å². The summed E-state index contributed by atoms with van der Waals surface area (Å²) in [7, 11) is 0. The van der Waals surface area contributed by atoms with Gasteiger partial charge in [0, 0.05) is 24.9 Å². The van der Waals surface area contributed by atoms with E-state index in [-0.39, 0.29) is 37.3 Å². The van der Waals surface area contributed by atoms with Crippen molar-refractivity contribution in [2.45, 2.75) is 64.7 Å². The van der Waals surface area contributed by atoms with Gasteiger partial charge in [-0.3, -0.25) is 4.79 Å². The molecule has 0 spiro atoms. The SMILES string of the molecule is CCOC(=O)CC[C@@H]1C[C@H](Oc2ccc(F)cc2F)CN1C(=O)OC(C)(C)C. The van der Waals surface area contributed by atoms with Crippen LogP contribution in [0.3, 0.4) is 0 Å². The standard InChI is InChI=1S/C20H27F2NO5/c1-5-26-18(24)9-7-14-11-15(12-23(14)19(25)28-20(2,3)4)27-17-8-6-13(21)10-16(17)22/h6,8,10,14-15H,5,7,9,11-12H2,1-4H3/t14-,15+/m1/s1. The zero-order chi connectivity index (χ0) is 20.9. The zero-order valence-electron chi connectivity index (χ0n) is 16.7. The number of rotatable bonds is 6. The van der Waals surface area contributed by atoms with Gasteiger partial charge in [-0.1, -0.05) is 0 Å². The van der Waals surface area contributed by atoms with Crippen LogP contribution >= 0.6 is 0 Å². The van der Waals surface area contributed by atoms with E-state index in [1.54, 1.807) is 27.7 Å². The highest BCUT2D eigenvalue weighted by atomic mass is 19.1. The van der Waals surface area contributed by atoms with Gasteiger partial charge in [0.1, 0.15) is 17.5 Å². The van der Waals surface area contributed by atoms with Crippen LogP contribution in [0.15, 0.2) is 18.2 Å². The van der Waals surface area contributed by atoms with Gasteiger partial charge in [0.15, 0.2) is 11.6 Å². The van der Waals surface area contributed by atoms with Crippen molar-refractivity contribution in [3.8, 4) is 5.75 Å². The Kier molecular flexibility index (Phi) is 7.21. The van der Waals surface area contributed by atoms with Gasteiger partial charge >= 0.3 is 12.1 Å². The van der Waals surface area contributed by atoms with Gasteiger partial charge in [0.2, 0.25) is 0 Å². The first kappa shape index (κ1) is 21.9. The maximum atomic E-state index is 13.9. The summed E-state index contributed by atoms with van der Waals surface area (Å²) in [6.07, 6.45) is -0.0962. The molecule has 1 aliphatic rings. The molecule has 0 radical (unpaired) electrons. The van der Waals surface area contributed by atoms with E-state index in [1.807, 2.05) is 0 Å². The van der Waals surface area contributed by atoms with Crippen molar-refractivity contribution in [2.75, 3.05) is 13.2 Å². The van der Waals surface area contributed by atoms with Crippen molar-refractivity contribution in [3.63, 3.8) is 0 Å². The molecular formula is C20H27F2NO5. The van der Waals surface area contributed by atoms with E-state index in [4.69, 9.17) is 14.2 Å². The number of likely N-dealkylation sites (tertiary alicyclic amines) is 1. The summed E-state index contributed by atoms with van der Waals surface area (Å²) in [4.78, 5) is 25.7. The first-order valence-electron chi connectivity index (χ1n) is 9.36. The van der Waals surface area contributed by atoms with Gasteiger partial charge in [0.05, 0.1) is 13.2 Å². The number of halogens is 2. The Morgan fingerprint density at radius 1 is 1.25 bits per heavy atom. The minimum atomic E-state index is -0.807. The van der Waals surface area contributed by atoms with Crippen LogP contribution < -0.4 is 4.74 Å². The predicted molar refractivity (Wildman–Crippen MR) is 98.0 cm³/mol. The third-order valence-electron chi connectivity index (χ3n) is 4.18. The first-order chi connectivity index (χ1) is 13.1. The van der Waals surface area contributed by atoms with Crippen LogP contribution in [0.2, 0.25) is 0 Å². The largest absolute Gasteiger partial charge is 0.485 e. The number of benzene rings is 1. The highest BCUT2D eigenvalue weighted by molar-refractivity contribution is 5.71. The molecule has 0 aromatic heterocycles. The lowest BCUT2D eigenvalue weighted by Gasteiger charge is -2.28. The maximum absolute atomic E-state index is 13.9. The number of carbonyl (C=O) groups excluding carboxylic acids is 2. The van der Waals surface area contributed by atoms with Crippen LogP contribution in [0.25, 0.3) is 0 Å². The van der Waals surface area contributed by atoms with Gasteiger partial charge in [-0.2, -0.15) is 0 Å². The molecule has 1 saturated heterocycles. The van der Waals surface area contributed by atoms with Gasteiger partial charge < -0.3 is 19.1 Å². The Morgan fingerprint density at radius 2 is 1.96 bits per heavy atom. The van der Waals surface area contributed by atoms with Gasteiger partial charge in [-0.15, -0.1) is 0 Å². The molecule has 0 saturated carbocycles. The molecule has 0 bridgehead atoms. The molecule has 2 rings (SSSR count). The van der Waals surface area contributed by atoms with Crippen molar-refractivity contribution >= 4 is 12.1 Å². The second kappa shape index (κ2) is 9.21. The molecule has 0 unspecified atom stereocenters. The molecule has 1 aromatic carbocycles. The van der Waals surface area contributed by atoms with E-state index in [1.165, 1.54) is 11.0 Å². The number of esters is 1. The molecule has 1 heterocycles. The number of amides is 1. The summed E-state index contributed by atoms with van der Waals surface area (Å²) in [6, 6.07) is 2.76. The van der Waals surface area contributed by atoms with E-state index in [9.17, 15) is 18.4 Å². The monoisotopic (exact) mass is 399 g/mol. The molecule has 156 valence electrons. The molecule has 1 aliphatic heterocycles. The summed E-state index contributed by atoms with van der Waals surface area (Å²) in [5.74, 6) is -1.93. The van der Waals surface area contributed by atoms with Crippen LogP contribution in [0.1, 0.15) is 47.0 Å². The lowest BCUT2D eigenvalue weighted by molar-refractivity contribution is -0.143. The van der Waals surface area contributed by atoms with Crippen LogP contribution in [-0.2, 0) is 14.3 Å². The van der Waals surface area contributed by atoms with Crippen molar-refractivity contribution in [2.24, 2.45) is 0 Å². The first-order valence-corrected chi connectivity index (χ1v) is 9.36. The van der Waals surface area contributed by atoms with E-state index < -0.39 is 29.4 Å². The molecule has 2 atom stereocenters. The van der Waals surface area contributed by atoms with Crippen LogP contribution in [0.4, 0.5) is 13.6 Å². The van der Waals surface area contributed by atoms with Gasteiger partial charge in [0.25, 0.3) is 0 Å². The third-order valence-corrected chi connectivity index (χ3v) is 4.18. The fourth-order valence-corrected chi connectivity index (χ4v) is 3.04. The Morgan fingerprint density at radius 3 is 2.57 bits per heavy atom. The third kappa shape index (κ3) is 6.35. The summed E-state index contributed by atoms with van der Waals surface area (Å²) >= 11 is 0. The van der Waals surface area contributed by atoms with Crippen molar-refractivity contribution in [1.82, 2.24) is 4.90 Å². The quantitative estimate of drug-likeness (QED) is 0.675. The highest BCUT2D eigenvalue weighted by Gasteiger charge is 2.39. The lowest BCUT2D eigenvalue weighted by Crippen LogP contribution is -2.40. The van der Waals surface area contributed by atoms with Crippen molar-refractivity contribution in [1.29, 1.82) is 0 Å². The number of carbonyl (C=O) groups is 2. The van der Waals surface area contributed by atoms with Gasteiger partial charge in [-0.25, -0.2) is 13.6 Å². The van der Waals surface area contributed by atoms with Crippen molar-refractivity contribution < 1.29 is 32.6 Å². The van der Waals surface area contributed by atoms with Crippen LogP contribution in [0, 0.1) is 11.6 Å². The molecule has 0 N–H and O–H groups in total. The summed E-state index contributed by atoms with van der Waals surface area (Å²) < 4.78 is 43.0. The molecule has 8 heteroatoms. The average Bonchev–Trinajstić information content (AvgIpc) is 2.97. The molecule has 1 amide bonds. The Hall–Kier alpha value is -2.38. The second-order valence-corrected chi connectivity index (χ2v) is 7.68. The lowest BCUT2D eigenvalue weighted by atomic mass is 10.1. The smallest absolute Gasteiger partial charge is 0.410 e. The van der Waals surface area contributed by atoms with Crippen molar-refractivity contribution in [3.05, 3.63) is 29.8 Å². The van der Waals surface area contributed by atoms with E-state index in [2.05, 4.69) is 0 Å². The van der Waals surface area contributed by atoms with Crippen LogP contribution in [-0.4, -0.2) is 47.9 Å².